The molecule has 0 unspecified atom stereocenters. The van der Waals surface area contributed by atoms with Crippen molar-refractivity contribution in [3.05, 3.63) is 116 Å². The number of carbonyl (C=O) groups excluding carboxylic acids is 1. The molecule has 0 aliphatic heterocycles. The lowest BCUT2D eigenvalue weighted by Gasteiger charge is -2.21. The predicted molar refractivity (Wildman–Crippen MR) is 130 cm³/mol. The molecule has 1 heterocycles. The van der Waals surface area contributed by atoms with Crippen LogP contribution in [0.15, 0.2) is 88.8 Å². The Morgan fingerprint density at radius 3 is 2.45 bits per heavy atom. The number of rotatable bonds is 3. The van der Waals surface area contributed by atoms with Crippen LogP contribution in [-0.4, -0.2) is 17.5 Å². The number of aryl methyl sites for hydroxylation is 1. The average molecular weight is 433 g/mol. The number of carbonyl (C=O) groups is 1. The number of pyridine rings is 1. The van der Waals surface area contributed by atoms with E-state index in [1.807, 2.05) is 30.3 Å². The SMILES string of the molecule is CN(C(=O)c1ccccc1N=[N+]=[N-])c1ccc2c(ccc(=O)n2C)c1C#Cc1ccccc1. The summed E-state index contributed by atoms with van der Waals surface area (Å²) in [6.07, 6.45) is 0. The Morgan fingerprint density at radius 1 is 0.970 bits per heavy atom. The van der Waals surface area contributed by atoms with Gasteiger partial charge in [0.25, 0.3) is 11.5 Å². The fourth-order valence-corrected chi connectivity index (χ4v) is 3.59. The highest BCUT2D eigenvalue weighted by atomic mass is 16.2. The monoisotopic (exact) mass is 433 g/mol. The van der Waals surface area contributed by atoms with Gasteiger partial charge in [-0.2, -0.15) is 0 Å². The van der Waals surface area contributed by atoms with E-state index in [2.05, 4.69) is 21.9 Å². The Balaban J connectivity index is 1.91. The molecule has 1 aromatic heterocycles. The van der Waals surface area contributed by atoms with E-state index in [1.54, 1.807) is 61.1 Å². The van der Waals surface area contributed by atoms with E-state index in [4.69, 9.17) is 5.53 Å². The van der Waals surface area contributed by atoms with Crippen LogP contribution in [0.2, 0.25) is 0 Å². The third-order valence-corrected chi connectivity index (χ3v) is 5.34. The maximum absolute atomic E-state index is 13.4. The second-order valence-corrected chi connectivity index (χ2v) is 7.31. The van der Waals surface area contributed by atoms with Gasteiger partial charge in [-0.15, -0.1) is 0 Å². The van der Waals surface area contributed by atoms with Crippen molar-refractivity contribution < 1.29 is 4.79 Å². The standard InChI is InChI=1S/C26H19N5O2/c1-30-23-15-16-24(31(2)26(33)21-10-6-7-11-22(21)28-29-27)19(20(23)14-17-25(30)32)13-12-18-8-4-3-5-9-18/h3-11,14-17H,1-2H3. The third kappa shape index (κ3) is 4.19. The Morgan fingerprint density at radius 2 is 1.70 bits per heavy atom. The molecule has 0 bridgehead atoms. The largest absolute Gasteiger partial charge is 0.311 e. The van der Waals surface area contributed by atoms with Crippen LogP contribution < -0.4 is 10.5 Å². The first-order valence-corrected chi connectivity index (χ1v) is 10.1. The first kappa shape index (κ1) is 21.4. The van der Waals surface area contributed by atoms with Crippen molar-refractivity contribution in [2.75, 3.05) is 11.9 Å². The zero-order chi connectivity index (χ0) is 23.4. The van der Waals surface area contributed by atoms with Crippen LogP contribution in [0.1, 0.15) is 21.5 Å². The second kappa shape index (κ2) is 9.15. The summed E-state index contributed by atoms with van der Waals surface area (Å²) in [6, 6.07) is 22.9. The Bertz CT molecular complexity index is 1540. The molecule has 7 nitrogen and oxygen atoms in total. The molecule has 4 aromatic rings. The number of azide groups is 1. The molecule has 0 fully saturated rings. The van der Waals surface area contributed by atoms with Crippen molar-refractivity contribution in [1.82, 2.24) is 4.57 Å². The van der Waals surface area contributed by atoms with Gasteiger partial charge in [0, 0.05) is 41.6 Å². The summed E-state index contributed by atoms with van der Waals surface area (Å²) < 4.78 is 1.55. The molecule has 0 aliphatic rings. The summed E-state index contributed by atoms with van der Waals surface area (Å²) in [6.45, 7) is 0. The molecule has 0 atom stereocenters. The van der Waals surface area contributed by atoms with E-state index < -0.39 is 0 Å². The van der Waals surface area contributed by atoms with Crippen molar-refractivity contribution in [2.45, 2.75) is 0 Å². The van der Waals surface area contributed by atoms with E-state index in [0.717, 1.165) is 10.9 Å². The summed E-state index contributed by atoms with van der Waals surface area (Å²) in [7, 11) is 3.34. The number of hydrogen-bond donors (Lipinski definition) is 0. The maximum Gasteiger partial charge on any atom is 0.258 e. The number of amides is 1. The zero-order valence-corrected chi connectivity index (χ0v) is 18.1. The maximum atomic E-state index is 13.4. The molecule has 7 heteroatoms. The number of fused-ring (bicyclic) bond motifs is 1. The van der Waals surface area contributed by atoms with Crippen LogP contribution in [0.25, 0.3) is 21.3 Å². The molecule has 4 rings (SSSR count). The van der Waals surface area contributed by atoms with Crippen LogP contribution in [0.5, 0.6) is 0 Å². The molecule has 0 aliphatic carbocycles. The topological polar surface area (TPSA) is 91.1 Å². The third-order valence-electron chi connectivity index (χ3n) is 5.34. The highest BCUT2D eigenvalue weighted by Crippen LogP contribution is 2.30. The van der Waals surface area contributed by atoms with E-state index in [0.29, 0.717) is 16.8 Å². The van der Waals surface area contributed by atoms with Gasteiger partial charge in [0.05, 0.1) is 22.5 Å². The van der Waals surface area contributed by atoms with Gasteiger partial charge in [0.2, 0.25) is 0 Å². The van der Waals surface area contributed by atoms with Crippen LogP contribution in [0.3, 0.4) is 0 Å². The number of benzene rings is 3. The normalized spacial score (nSPS) is 10.1. The highest BCUT2D eigenvalue weighted by Gasteiger charge is 2.20. The zero-order valence-electron chi connectivity index (χ0n) is 18.1. The number of aromatic nitrogens is 1. The smallest absolute Gasteiger partial charge is 0.258 e. The second-order valence-electron chi connectivity index (χ2n) is 7.31. The molecule has 33 heavy (non-hydrogen) atoms. The van der Waals surface area contributed by atoms with E-state index in [-0.39, 0.29) is 22.7 Å². The Hall–Kier alpha value is -4.79. The van der Waals surface area contributed by atoms with Crippen molar-refractivity contribution in [1.29, 1.82) is 0 Å². The van der Waals surface area contributed by atoms with Crippen molar-refractivity contribution in [3.63, 3.8) is 0 Å². The quantitative estimate of drug-likeness (QED) is 0.193. The molecule has 0 N–H and O–H groups in total. The van der Waals surface area contributed by atoms with Crippen molar-refractivity contribution >= 4 is 28.2 Å². The fourth-order valence-electron chi connectivity index (χ4n) is 3.59. The van der Waals surface area contributed by atoms with Gasteiger partial charge in [0.15, 0.2) is 0 Å². The van der Waals surface area contributed by atoms with Gasteiger partial charge in [-0.3, -0.25) is 9.59 Å². The Kier molecular flexibility index (Phi) is 5.94. The first-order chi connectivity index (χ1) is 16.0. The summed E-state index contributed by atoms with van der Waals surface area (Å²) in [4.78, 5) is 29.8. The molecular weight excluding hydrogens is 414 g/mol. The van der Waals surface area contributed by atoms with Crippen LogP contribution >= 0.6 is 0 Å². The van der Waals surface area contributed by atoms with Gasteiger partial charge < -0.3 is 9.47 Å². The molecule has 0 saturated carbocycles. The van der Waals surface area contributed by atoms with Crippen molar-refractivity contribution in [2.24, 2.45) is 12.2 Å². The molecule has 160 valence electrons. The minimum atomic E-state index is -0.343. The highest BCUT2D eigenvalue weighted by molar-refractivity contribution is 6.10. The summed E-state index contributed by atoms with van der Waals surface area (Å²) in [5, 5.41) is 4.39. The minimum Gasteiger partial charge on any atom is -0.311 e. The number of hydrogen-bond acceptors (Lipinski definition) is 3. The lowest BCUT2D eigenvalue weighted by atomic mass is 10.0. The molecule has 0 spiro atoms. The van der Waals surface area contributed by atoms with E-state index in [9.17, 15) is 9.59 Å². The van der Waals surface area contributed by atoms with Crippen molar-refractivity contribution in [3.8, 4) is 11.8 Å². The average Bonchev–Trinajstić information content (AvgIpc) is 2.85. The fraction of sp³-hybridized carbons (Fsp3) is 0.0769. The lowest BCUT2D eigenvalue weighted by Crippen LogP contribution is -2.27. The summed E-state index contributed by atoms with van der Waals surface area (Å²) >= 11 is 0. The van der Waals surface area contributed by atoms with Gasteiger partial charge >= 0.3 is 0 Å². The van der Waals surface area contributed by atoms with Gasteiger partial charge in [0.1, 0.15) is 0 Å². The van der Waals surface area contributed by atoms with Crippen LogP contribution in [0.4, 0.5) is 11.4 Å². The molecule has 0 radical (unpaired) electrons. The van der Waals surface area contributed by atoms with Crippen LogP contribution in [-0.2, 0) is 7.05 Å². The molecular formula is C26H19N5O2. The molecule has 0 saturated heterocycles. The van der Waals surface area contributed by atoms with Crippen LogP contribution in [0, 0.1) is 11.8 Å². The molecule has 1 amide bonds. The van der Waals surface area contributed by atoms with Gasteiger partial charge in [-0.25, -0.2) is 0 Å². The lowest BCUT2D eigenvalue weighted by molar-refractivity contribution is 0.0993. The summed E-state index contributed by atoms with van der Waals surface area (Å²) in [5.74, 6) is 6.01. The van der Waals surface area contributed by atoms with Gasteiger partial charge in [-0.05, 0) is 41.9 Å². The van der Waals surface area contributed by atoms with E-state index in [1.165, 1.54) is 11.0 Å². The van der Waals surface area contributed by atoms with Gasteiger partial charge in [-0.1, -0.05) is 53.4 Å². The number of nitrogens with zero attached hydrogens (tertiary/aromatic N) is 5. The van der Waals surface area contributed by atoms with E-state index >= 15 is 0 Å². The first-order valence-electron chi connectivity index (χ1n) is 10.1. The summed E-state index contributed by atoms with van der Waals surface area (Å²) in [5.41, 5.74) is 12.0. The minimum absolute atomic E-state index is 0.134. The Labute approximate surface area is 190 Å². The number of anilines is 1. The predicted octanol–water partition coefficient (Wildman–Crippen LogP) is 5.16. The molecule has 3 aromatic carbocycles.